The van der Waals surface area contributed by atoms with Gasteiger partial charge in [0.05, 0.1) is 18.8 Å². The van der Waals surface area contributed by atoms with Gasteiger partial charge in [-0.15, -0.1) is 0 Å². The number of nitrogens with zero attached hydrogens (tertiary/aromatic N) is 2. The second kappa shape index (κ2) is 7.12. The molecule has 1 aliphatic rings. The molecule has 1 amide bonds. The minimum atomic E-state index is -0.588. The summed E-state index contributed by atoms with van der Waals surface area (Å²) in [5, 5.41) is 13.0. The van der Waals surface area contributed by atoms with Crippen LogP contribution in [0, 0.1) is 0 Å². The number of hydrogen-bond acceptors (Lipinski definition) is 4. The number of aliphatic hydroxyl groups is 1. The molecule has 6 nitrogen and oxygen atoms in total. The molecule has 1 fully saturated rings. The number of rotatable bonds is 5. The van der Waals surface area contributed by atoms with Crippen LogP contribution < -0.4 is 5.32 Å². The lowest BCUT2D eigenvalue weighted by molar-refractivity contribution is -0.0312. The van der Waals surface area contributed by atoms with E-state index in [1.165, 1.54) is 0 Å². The molecule has 0 saturated carbocycles. The smallest absolute Gasteiger partial charge is 0.268 e. The Morgan fingerprint density at radius 1 is 1.43 bits per heavy atom. The van der Waals surface area contributed by atoms with Crippen molar-refractivity contribution in [2.75, 3.05) is 32.8 Å². The SMILES string of the molecule is CC1CN(CC(O)CNC(=O)c2ccc3ccccn23)CCO1. The van der Waals surface area contributed by atoms with E-state index in [-0.39, 0.29) is 18.6 Å². The van der Waals surface area contributed by atoms with Crippen molar-refractivity contribution in [2.45, 2.75) is 19.1 Å². The minimum absolute atomic E-state index is 0.175. The van der Waals surface area contributed by atoms with Gasteiger partial charge in [-0.25, -0.2) is 0 Å². The van der Waals surface area contributed by atoms with E-state index in [1.54, 1.807) is 6.07 Å². The Kier molecular flexibility index (Phi) is 4.95. The van der Waals surface area contributed by atoms with E-state index in [0.717, 1.165) is 18.6 Å². The topological polar surface area (TPSA) is 66.2 Å². The molecule has 2 aromatic heterocycles. The monoisotopic (exact) mass is 317 g/mol. The van der Waals surface area contributed by atoms with Gasteiger partial charge in [-0.3, -0.25) is 9.69 Å². The maximum atomic E-state index is 12.3. The summed E-state index contributed by atoms with van der Waals surface area (Å²) in [6.07, 6.45) is 1.46. The van der Waals surface area contributed by atoms with Gasteiger partial charge >= 0.3 is 0 Å². The number of aliphatic hydroxyl groups excluding tert-OH is 1. The Morgan fingerprint density at radius 3 is 3.13 bits per heavy atom. The lowest BCUT2D eigenvalue weighted by Gasteiger charge is -2.32. The predicted molar refractivity (Wildman–Crippen MR) is 87.6 cm³/mol. The van der Waals surface area contributed by atoms with E-state index in [9.17, 15) is 9.90 Å². The normalized spacial score (nSPS) is 20.5. The number of nitrogens with one attached hydrogen (secondary N) is 1. The van der Waals surface area contributed by atoms with Crippen LogP contribution >= 0.6 is 0 Å². The van der Waals surface area contributed by atoms with Crippen LogP contribution in [0.3, 0.4) is 0 Å². The number of β-amino-alcohol motifs (C(OH)–C–C–N with tert-alkyl or cyclic N) is 1. The standard InChI is InChI=1S/C17H23N3O3/c1-13-11-19(8-9-23-13)12-15(21)10-18-17(22)16-6-5-14-4-2-3-7-20(14)16/h2-7,13,15,21H,8-12H2,1H3,(H,18,22). The molecule has 1 saturated heterocycles. The van der Waals surface area contributed by atoms with Gasteiger partial charge in [0.1, 0.15) is 5.69 Å². The van der Waals surface area contributed by atoms with Crippen molar-refractivity contribution in [1.29, 1.82) is 0 Å². The van der Waals surface area contributed by atoms with Gasteiger partial charge in [-0.2, -0.15) is 0 Å². The van der Waals surface area contributed by atoms with Crippen molar-refractivity contribution in [3.63, 3.8) is 0 Å². The zero-order chi connectivity index (χ0) is 16.2. The molecular weight excluding hydrogens is 294 g/mol. The molecule has 0 aliphatic carbocycles. The highest BCUT2D eigenvalue weighted by Gasteiger charge is 2.20. The van der Waals surface area contributed by atoms with E-state index in [0.29, 0.717) is 18.8 Å². The second-order valence-corrected chi connectivity index (χ2v) is 6.02. The summed E-state index contributed by atoms with van der Waals surface area (Å²) in [5.41, 5.74) is 1.55. The van der Waals surface area contributed by atoms with Gasteiger partial charge < -0.3 is 19.6 Å². The molecular formula is C17H23N3O3. The van der Waals surface area contributed by atoms with Gasteiger partial charge in [0.25, 0.3) is 5.91 Å². The molecule has 3 heterocycles. The predicted octanol–water partition coefficient (Wildman–Crippen LogP) is 0.751. The summed E-state index contributed by atoms with van der Waals surface area (Å²) in [7, 11) is 0. The number of pyridine rings is 1. The summed E-state index contributed by atoms with van der Waals surface area (Å²) >= 11 is 0. The first kappa shape index (κ1) is 16.0. The fraction of sp³-hybridized carbons (Fsp3) is 0.471. The van der Waals surface area contributed by atoms with Crippen molar-refractivity contribution in [1.82, 2.24) is 14.6 Å². The first-order chi connectivity index (χ1) is 11.1. The van der Waals surface area contributed by atoms with Crippen LogP contribution in [0.2, 0.25) is 0 Å². The van der Waals surface area contributed by atoms with Crippen LogP contribution in [-0.4, -0.2) is 65.3 Å². The lowest BCUT2D eigenvalue weighted by atomic mass is 10.2. The lowest BCUT2D eigenvalue weighted by Crippen LogP contribution is -2.47. The molecule has 0 radical (unpaired) electrons. The van der Waals surface area contributed by atoms with Gasteiger partial charge in [0, 0.05) is 37.9 Å². The average molecular weight is 317 g/mol. The molecule has 2 atom stereocenters. The van der Waals surface area contributed by atoms with Crippen LogP contribution in [0.25, 0.3) is 5.52 Å². The van der Waals surface area contributed by atoms with E-state index < -0.39 is 6.10 Å². The zero-order valence-corrected chi connectivity index (χ0v) is 13.3. The molecule has 124 valence electrons. The number of fused-ring (bicyclic) bond motifs is 1. The van der Waals surface area contributed by atoms with E-state index >= 15 is 0 Å². The summed E-state index contributed by atoms with van der Waals surface area (Å²) in [6.45, 7) is 5.13. The van der Waals surface area contributed by atoms with Crippen molar-refractivity contribution < 1.29 is 14.6 Å². The number of carbonyl (C=O) groups excluding carboxylic acids is 1. The number of aromatic nitrogens is 1. The van der Waals surface area contributed by atoms with E-state index in [1.807, 2.05) is 41.8 Å². The Balaban J connectivity index is 1.52. The molecule has 0 bridgehead atoms. The number of amides is 1. The van der Waals surface area contributed by atoms with Crippen molar-refractivity contribution in [3.8, 4) is 0 Å². The number of ether oxygens (including phenoxy) is 1. The summed E-state index contributed by atoms with van der Waals surface area (Å²) in [4.78, 5) is 14.5. The molecule has 0 spiro atoms. The highest BCUT2D eigenvalue weighted by molar-refractivity contribution is 5.94. The van der Waals surface area contributed by atoms with Crippen molar-refractivity contribution in [2.24, 2.45) is 0 Å². The maximum absolute atomic E-state index is 12.3. The summed E-state index contributed by atoms with van der Waals surface area (Å²) < 4.78 is 7.32. The number of hydrogen-bond donors (Lipinski definition) is 2. The molecule has 3 rings (SSSR count). The van der Waals surface area contributed by atoms with Crippen LogP contribution in [0.1, 0.15) is 17.4 Å². The Morgan fingerprint density at radius 2 is 2.30 bits per heavy atom. The second-order valence-electron chi connectivity index (χ2n) is 6.02. The Bertz CT molecular complexity index is 670. The highest BCUT2D eigenvalue weighted by atomic mass is 16.5. The summed E-state index contributed by atoms with van der Waals surface area (Å²) in [6, 6.07) is 9.47. The maximum Gasteiger partial charge on any atom is 0.268 e. The van der Waals surface area contributed by atoms with E-state index in [2.05, 4.69) is 10.2 Å². The molecule has 0 aromatic carbocycles. The largest absolute Gasteiger partial charge is 0.390 e. The third kappa shape index (κ3) is 3.90. The zero-order valence-electron chi connectivity index (χ0n) is 13.3. The van der Waals surface area contributed by atoms with Gasteiger partial charge in [-0.1, -0.05) is 6.07 Å². The van der Waals surface area contributed by atoms with E-state index in [4.69, 9.17) is 4.74 Å². The molecule has 1 aliphatic heterocycles. The first-order valence-corrected chi connectivity index (χ1v) is 8.00. The molecule has 2 unspecified atom stereocenters. The van der Waals surface area contributed by atoms with Gasteiger partial charge in [-0.05, 0) is 31.2 Å². The third-order valence-corrected chi connectivity index (χ3v) is 4.09. The first-order valence-electron chi connectivity index (χ1n) is 8.00. The Labute approximate surface area is 135 Å². The molecule has 2 aromatic rings. The van der Waals surface area contributed by atoms with Gasteiger partial charge in [0.2, 0.25) is 0 Å². The number of morpholine rings is 1. The van der Waals surface area contributed by atoms with Crippen molar-refractivity contribution in [3.05, 3.63) is 42.2 Å². The minimum Gasteiger partial charge on any atom is -0.390 e. The molecule has 2 N–H and O–H groups in total. The summed E-state index contributed by atoms with van der Waals surface area (Å²) in [5.74, 6) is -0.175. The quantitative estimate of drug-likeness (QED) is 0.854. The van der Waals surface area contributed by atoms with Crippen LogP contribution in [0.4, 0.5) is 0 Å². The number of carbonyl (C=O) groups is 1. The molecule has 6 heteroatoms. The fourth-order valence-electron chi connectivity index (χ4n) is 2.96. The van der Waals surface area contributed by atoms with Crippen LogP contribution in [0.5, 0.6) is 0 Å². The fourth-order valence-corrected chi connectivity index (χ4v) is 2.96. The van der Waals surface area contributed by atoms with Gasteiger partial charge in [0.15, 0.2) is 0 Å². The highest BCUT2D eigenvalue weighted by Crippen LogP contribution is 2.09. The Hall–Kier alpha value is -1.89. The molecule has 23 heavy (non-hydrogen) atoms. The van der Waals surface area contributed by atoms with Crippen LogP contribution in [0.15, 0.2) is 36.5 Å². The average Bonchev–Trinajstić information content (AvgIpc) is 2.97. The third-order valence-electron chi connectivity index (χ3n) is 4.09. The van der Waals surface area contributed by atoms with Crippen molar-refractivity contribution >= 4 is 11.4 Å². The van der Waals surface area contributed by atoms with Crippen LogP contribution in [-0.2, 0) is 4.74 Å².